The fourth-order valence-corrected chi connectivity index (χ4v) is 1.79. The third-order valence-electron chi connectivity index (χ3n) is 2.86. The lowest BCUT2D eigenvalue weighted by Crippen LogP contribution is -2.33. The zero-order valence-electron chi connectivity index (χ0n) is 13.5. The van der Waals surface area contributed by atoms with Gasteiger partial charge in [-0.25, -0.2) is 4.79 Å². The van der Waals surface area contributed by atoms with Crippen LogP contribution >= 0.6 is 0 Å². The molecule has 0 aromatic carbocycles. The normalized spacial score (nSPS) is 11.2. The van der Waals surface area contributed by atoms with Gasteiger partial charge in [-0.1, -0.05) is 6.07 Å². The molecule has 1 rings (SSSR count). The minimum atomic E-state index is -0.438. The predicted octanol–water partition coefficient (Wildman–Crippen LogP) is 2.78. The van der Waals surface area contributed by atoms with Gasteiger partial charge in [-0.2, -0.15) is 0 Å². The Morgan fingerprint density at radius 2 is 2.00 bits per heavy atom. The van der Waals surface area contributed by atoms with Crippen molar-refractivity contribution in [1.29, 1.82) is 0 Å². The van der Waals surface area contributed by atoms with Crippen molar-refractivity contribution >= 4 is 6.09 Å². The number of aryl methyl sites for hydroxylation is 1. The van der Waals surface area contributed by atoms with E-state index in [0.717, 1.165) is 31.6 Å². The third-order valence-corrected chi connectivity index (χ3v) is 2.86. The monoisotopic (exact) mass is 293 g/mol. The fraction of sp³-hybridized carbons (Fsp3) is 0.625. The van der Waals surface area contributed by atoms with Gasteiger partial charge in [0.2, 0.25) is 0 Å². The van der Waals surface area contributed by atoms with E-state index in [1.54, 1.807) is 0 Å². The molecule has 118 valence electrons. The number of amides is 1. The molecular formula is C16H27N3O2. The van der Waals surface area contributed by atoms with Crippen LogP contribution in [-0.4, -0.2) is 29.8 Å². The number of nitrogens with one attached hydrogen (secondary N) is 2. The van der Waals surface area contributed by atoms with Crippen molar-refractivity contribution in [1.82, 2.24) is 15.6 Å². The molecule has 0 aliphatic carbocycles. The van der Waals surface area contributed by atoms with E-state index in [-0.39, 0.29) is 6.09 Å². The minimum absolute atomic E-state index is 0.348. The molecule has 5 nitrogen and oxygen atoms in total. The van der Waals surface area contributed by atoms with Gasteiger partial charge in [-0.05, 0) is 58.7 Å². The molecule has 0 fully saturated rings. The van der Waals surface area contributed by atoms with Gasteiger partial charge in [0, 0.05) is 19.3 Å². The van der Waals surface area contributed by atoms with Crippen molar-refractivity contribution < 1.29 is 9.53 Å². The number of alkyl carbamates (subject to hydrolysis) is 1. The summed E-state index contributed by atoms with van der Waals surface area (Å²) in [7, 11) is 0. The summed E-state index contributed by atoms with van der Waals surface area (Å²) in [5, 5.41) is 6.12. The van der Waals surface area contributed by atoms with Crippen LogP contribution < -0.4 is 10.6 Å². The number of rotatable bonds is 7. The molecule has 0 radical (unpaired) electrons. The summed E-state index contributed by atoms with van der Waals surface area (Å²) < 4.78 is 5.16. The number of hydrogen-bond donors (Lipinski definition) is 2. The fourth-order valence-electron chi connectivity index (χ4n) is 1.79. The number of carbonyl (C=O) groups excluding carboxylic acids is 1. The second-order valence-corrected chi connectivity index (χ2v) is 6.08. The molecule has 2 N–H and O–H groups in total. The van der Waals surface area contributed by atoms with Crippen LogP contribution in [0, 0.1) is 6.92 Å². The van der Waals surface area contributed by atoms with Crippen LogP contribution in [0.5, 0.6) is 0 Å². The second-order valence-electron chi connectivity index (χ2n) is 6.08. The summed E-state index contributed by atoms with van der Waals surface area (Å²) in [5.74, 6) is 0. The van der Waals surface area contributed by atoms with Crippen molar-refractivity contribution in [3.05, 3.63) is 29.6 Å². The first-order valence-electron chi connectivity index (χ1n) is 7.46. The Morgan fingerprint density at radius 1 is 1.29 bits per heavy atom. The van der Waals surface area contributed by atoms with E-state index in [9.17, 15) is 4.79 Å². The average molecular weight is 293 g/mol. The summed E-state index contributed by atoms with van der Waals surface area (Å²) in [6.07, 6.45) is 3.39. The topological polar surface area (TPSA) is 63.2 Å². The van der Waals surface area contributed by atoms with Gasteiger partial charge in [0.05, 0.1) is 5.69 Å². The Labute approximate surface area is 127 Å². The molecule has 5 heteroatoms. The molecule has 0 unspecified atom stereocenters. The highest BCUT2D eigenvalue weighted by molar-refractivity contribution is 5.67. The van der Waals surface area contributed by atoms with Crippen molar-refractivity contribution in [2.45, 2.75) is 52.7 Å². The first-order valence-corrected chi connectivity index (χ1v) is 7.46. The van der Waals surface area contributed by atoms with E-state index in [1.165, 1.54) is 5.56 Å². The predicted molar refractivity (Wildman–Crippen MR) is 84.2 cm³/mol. The van der Waals surface area contributed by atoms with E-state index in [2.05, 4.69) is 28.6 Å². The summed E-state index contributed by atoms with van der Waals surface area (Å²) in [6.45, 7) is 9.97. The lowest BCUT2D eigenvalue weighted by molar-refractivity contribution is 0.0527. The van der Waals surface area contributed by atoms with Crippen LogP contribution in [-0.2, 0) is 11.3 Å². The number of hydrogen-bond acceptors (Lipinski definition) is 4. The van der Waals surface area contributed by atoms with Gasteiger partial charge in [-0.3, -0.25) is 4.98 Å². The summed E-state index contributed by atoms with van der Waals surface area (Å²) in [4.78, 5) is 15.7. The molecule has 0 spiro atoms. The van der Waals surface area contributed by atoms with Gasteiger partial charge in [0.1, 0.15) is 5.60 Å². The molecule has 1 heterocycles. The standard InChI is InChI=1S/C16H27N3O2/c1-13-8-7-11-18-14(13)12-17-9-5-6-10-19-15(20)21-16(2,3)4/h7-8,11,17H,5-6,9-10,12H2,1-4H3,(H,19,20). The highest BCUT2D eigenvalue weighted by Gasteiger charge is 2.15. The van der Waals surface area contributed by atoms with Crippen molar-refractivity contribution in [2.75, 3.05) is 13.1 Å². The van der Waals surface area contributed by atoms with E-state index in [0.29, 0.717) is 6.54 Å². The quantitative estimate of drug-likeness (QED) is 0.759. The maximum atomic E-state index is 11.4. The van der Waals surface area contributed by atoms with Crippen LogP contribution in [0.25, 0.3) is 0 Å². The number of unbranched alkanes of at least 4 members (excludes halogenated alkanes) is 1. The Hall–Kier alpha value is -1.62. The molecule has 0 aliphatic rings. The van der Waals surface area contributed by atoms with E-state index in [1.807, 2.05) is 33.0 Å². The van der Waals surface area contributed by atoms with Crippen molar-refractivity contribution in [2.24, 2.45) is 0 Å². The minimum Gasteiger partial charge on any atom is -0.444 e. The number of aromatic nitrogens is 1. The largest absolute Gasteiger partial charge is 0.444 e. The zero-order chi connectivity index (χ0) is 15.7. The van der Waals surface area contributed by atoms with E-state index < -0.39 is 5.60 Å². The summed E-state index contributed by atoms with van der Waals surface area (Å²) in [6, 6.07) is 4.01. The number of pyridine rings is 1. The number of ether oxygens (including phenoxy) is 1. The Bertz CT molecular complexity index is 441. The Morgan fingerprint density at radius 3 is 2.67 bits per heavy atom. The molecule has 1 aromatic heterocycles. The van der Waals surface area contributed by atoms with Gasteiger partial charge in [0.25, 0.3) is 0 Å². The highest BCUT2D eigenvalue weighted by atomic mass is 16.6. The van der Waals surface area contributed by atoms with Gasteiger partial charge < -0.3 is 15.4 Å². The van der Waals surface area contributed by atoms with Crippen LogP contribution in [0.1, 0.15) is 44.9 Å². The zero-order valence-corrected chi connectivity index (χ0v) is 13.5. The molecule has 1 aromatic rings. The molecule has 0 saturated heterocycles. The first kappa shape index (κ1) is 17.4. The lowest BCUT2D eigenvalue weighted by Gasteiger charge is -2.19. The van der Waals surface area contributed by atoms with Crippen LogP contribution in [0.3, 0.4) is 0 Å². The molecular weight excluding hydrogens is 266 g/mol. The maximum Gasteiger partial charge on any atom is 0.407 e. The van der Waals surface area contributed by atoms with Crippen LogP contribution in [0.15, 0.2) is 18.3 Å². The molecule has 21 heavy (non-hydrogen) atoms. The van der Waals surface area contributed by atoms with Crippen LogP contribution in [0.4, 0.5) is 4.79 Å². The summed E-state index contributed by atoms with van der Waals surface area (Å²) in [5.41, 5.74) is 1.85. The molecule has 0 bridgehead atoms. The number of carbonyl (C=O) groups is 1. The smallest absolute Gasteiger partial charge is 0.407 e. The van der Waals surface area contributed by atoms with Crippen molar-refractivity contribution in [3.63, 3.8) is 0 Å². The van der Waals surface area contributed by atoms with Gasteiger partial charge in [-0.15, -0.1) is 0 Å². The van der Waals surface area contributed by atoms with Gasteiger partial charge in [0.15, 0.2) is 0 Å². The molecule has 0 atom stereocenters. The van der Waals surface area contributed by atoms with Crippen molar-refractivity contribution in [3.8, 4) is 0 Å². The molecule has 0 aliphatic heterocycles. The Kier molecular flexibility index (Phi) is 7.15. The van der Waals surface area contributed by atoms with E-state index >= 15 is 0 Å². The first-order chi connectivity index (χ1) is 9.88. The maximum absolute atomic E-state index is 11.4. The average Bonchev–Trinajstić information content (AvgIpc) is 2.37. The second kappa shape index (κ2) is 8.62. The number of nitrogens with zero attached hydrogens (tertiary/aromatic N) is 1. The highest BCUT2D eigenvalue weighted by Crippen LogP contribution is 2.06. The van der Waals surface area contributed by atoms with Crippen LogP contribution in [0.2, 0.25) is 0 Å². The molecule has 0 saturated carbocycles. The summed E-state index contributed by atoms with van der Waals surface area (Å²) >= 11 is 0. The SMILES string of the molecule is Cc1cccnc1CNCCCCNC(=O)OC(C)(C)C. The Balaban J connectivity index is 2.03. The lowest BCUT2D eigenvalue weighted by atomic mass is 10.2. The molecule has 1 amide bonds. The third kappa shape index (κ3) is 8.30. The van der Waals surface area contributed by atoms with Gasteiger partial charge >= 0.3 is 6.09 Å². The van der Waals surface area contributed by atoms with E-state index in [4.69, 9.17) is 4.74 Å².